The third kappa shape index (κ3) is 2.64. The summed E-state index contributed by atoms with van der Waals surface area (Å²) in [6.45, 7) is 0.720. The van der Waals surface area contributed by atoms with Gasteiger partial charge in [0.05, 0.1) is 6.04 Å². The predicted octanol–water partition coefficient (Wildman–Crippen LogP) is 3.55. The standard InChI is InChI=1S/C19H20FN3O2/c20-15-5-2-1-4-12(15)13-10-14(13)19(24)23-9-3-6-16(23)17-21-18(25-22-17)11-7-8-11/h1-2,4-5,11,13-14,16H,3,6-10H2/t13-,14+,16+/m0/s1. The number of hydrogen-bond donors (Lipinski definition) is 0. The van der Waals surface area contributed by atoms with Crippen LogP contribution in [-0.2, 0) is 4.79 Å². The van der Waals surface area contributed by atoms with Crippen LogP contribution in [0.25, 0.3) is 0 Å². The summed E-state index contributed by atoms with van der Waals surface area (Å²) in [6.07, 6.45) is 4.76. The van der Waals surface area contributed by atoms with Crippen LogP contribution in [0, 0.1) is 11.7 Å². The second-order valence-electron chi connectivity index (χ2n) is 7.42. The molecule has 5 nitrogen and oxygen atoms in total. The van der Waals surface area contributed by atoms with Crippen molar-refractivity contribution in [3.05, 3.63) is 47.4 Å². The molecule has 3 aliphatic rings. The number of hydrogen-bond acceptors (Lipinski definition) is 4. The van der Waals surface area contributed by atoms with E-state index in [4.69, 9.17) is 4.52 Å². The molecule has 0 unspecified atom stereocenters. The highest BCUT2D eigenvalue weighted by atomic mass is 19.1. The number of benzene rings is 1. The average Bonchev–Trinajstić information content (AvgIpc) is 3.52. The van der Waals surface area contributed by atoms with Gasteiger partial charge in [0.2, 0.25) is 11.8 Å². The van der Waals surface area contributed by atoms with Crippen molar-refractivity contribution in [2.75, 3.05) is 6.54 Å². The van der Waals surface area contributed by atoms with Gasteiger partial charge in [0.25, 0.3) is 0 Å². The summed E-state index contributed by atoms with van der Waals surface area (Å²) in [5.41, 5.74) is 0.659. The highest BCUT2D eigenvalue weighted by molar-refractivity contribution is 5.83. The fraction of sp³-hybridized carbons (Fsp3) is 0.526. The van der Waals surface area contributed by atoms with Gasteiger partial charge in [-0.15, -0.1) is 0 Å². The van der Waals surface area contributed by atoms with Gasteiger partial charge in [-0.1, -0.05) is 23.4 Å². The Morgan fingerprint density at radius 2 is 2.08 bits per heavy atom. The van der Waals surface area contributed by atoms with Gasteiger partial charge in [0, 0.05) is 18.4 Å². The number of nitrogens with zero attached hydrogens (tertiary/aromatic N) is 3. The van der Waals surface area contributed by atoms with Gasteiger partial charge in [-0.05, 0) is 49.7 Å². The van der Waals surface area contributed by atoms with Gasteiger partial charge >= 0.3 is 0 Å². The molecule has 1 amide bonds. The van der Waals surface area contributed by atoms with Crippen molar-refractivity contribution in [2.45, 2.75) is 50.0 Å². The molecule has 0 N–H and O–H groups in total. The molecule has 3 fully saturated rings. The van der Waals surface area contributed by atoms with Crippen molar-refractivity contribution >= 4 is 5.91 Å². The molecule has 1 aromatic carbocycles. The highest BCUT2D eigenvalue weighted by Crippen LogP contribution is 2.50. The minimum atomic E-state index is -0.215. The second-order valence-corrected chi connectivity index (χ2v) is 7.42. The molecule has 25 heavy (non-hydrogen) atoms. The molecule has 1 aliphatic heterocycles. The van der Waals surface area contributed by atoms with Crippen LogP contribution in [0.5, 0.6) is 0 Å². The Labute approximate surface area is 145 Å². The predicted molar refractivity (Wildman–Crippen MR) is 87.2 cm³/mol. The van der Waals surface area contributed by atoms with Crippen molar-refractivity contribution in [1.82, 2.24) is 15.0 Å². The minimum Gasteiger partial charge on any atom is -0.339 e. The van der Waals surface area contributed by atoms with E-state index in [9.17, 15) is 9.18 Å². The van der Waals surface area contributed by atoms with Crippen LogP contribution < -0.4 is 0 Å². The third-order valence-electron chi connectivity index (χ3n) is 5.63. The maximum Gasteiger partial charge on any atom is 0.229 e. The summed E-state index contributed by atoms with van der Waals surface area (Å²) < 4.78 is 19.3. The molecule has 130 valence electrons. The molecule has 2 aliphatic carbocycles. The molecule has 0 bridgehead atoms. The zero-order valence-electron chi connectivity index (χ0n) is 13.9. The maximum atomic E-state index is 14.0. The van der Waals surface area contributed by atoms with Crippen LogP contribution in [0.1, 0.15) is 67.3 Å². The first-order chi connectivity index (χ1) is 12.2. The van der Waals surface area contributed by atoms with Crippen LogP contribution in [0.2, 0.25) is 0 Å². The summed E-state index contributed by atoms with van der Waals surface area (Å²) in [4.78, 5) is 19.4. The Morgan fingerprint density at radius 1 is 1.24 bits per heavy atom. The van der Waals surface area contributed by atoms with E-state index in [2.05, 4.69) is 10.1 Å². The molecule has 2 aromatic rings. The van der Waals surface area contributed by atoms with E-state index >= 15 is 0 Å². The van der Waals surface area contributed by atoms with Crippen LogP contribution in [0.3, 0.4) is 0 Å². The summed E-state index contributed by atoms with van der Waals surface area (Å²) in [5, 5.41) is 4.12. The number of halogens is 1. The zero-order valence-corrected chi connectivity index (χ0v) is 13.9. The zero-order chi connectivity index (χ0) is 17.0. The SMILES string of the molecule is O=C([C@@H]1C[C@H]1c1ccccc1F)N1CCC[C@@H]1c1noc(C2CC2)n1. The molecule has 1 saturated heterocycles. The number of aromatic nitrogens is 2. The number of carbonyl (C=O) groups is 1. The van der Waals surface area contributed by atoms with E-state index in [1.165, 1.54) is 6.07 Å². The van der Waals surface area contributed by atoms with Crippen molar-refractivity contribution < 1.29 is 13.7 Å². The van der Waals surface area contributed by atoms with Crippen LogP contribution in [-0.4, -0.2) is 27.5 Å². The van der Waals surface area contributed by atoms with E-state index in [-0.39, 0.29) is 29.6 Å². The van der Waals surface area contributed by atoms with Crippen molar-refractivity contribution in [3.8, 4) is 0 Å². The molecule has 5 rings (SSSR count). The first kappa shape index (κ1) is 15.0. The van der Waals surface area contributed by atoms with Gasteiger partial charge in [-0.25, -0.2) is 4.39 Å². The molecule has 1 aromatic heterocycles. The number of amides is 1. The fourth-order valence-electron chi connectivity index (χ4n) is 3.98. The maximum absolute atomic E-state index is 14.0. The number of rotatable bonds is 4. The molecular formula is C19H20FN3O2. The molecule has 0 radical (unpaired) electrons. The lowest BCUT2D eigenvalue weighted by Gasteiger charge is -2.22. The van der Waals surface area contributed by atoms with Gasteiger partial charge in [-0.2, -0.15) is 4.98 Å². The van der Waals surface area contributed by atoms with E-state index in [0.717, 1.165) is 38.6 Å². The monoisotopic (exact) mass is 341 g/mol. The summed E-state index contributed by atoms with van der Waals surface area (Å²) in [5.74, 6) is 1.54. The molecule has 3 atom stereocenters. The summed E-state index contributed by atoms with van der Waals surface area (Å²) >= 11 is 0. The third-order valence-corrected chi connectivity index (χ3v) is 5.63. The van der Waals surface area contributed by atoms with Crippen molar-refractivity contribution in [1.29, 1.82) is 0 Å². The van der Waals surface area contributed by atoms with Crippen molar-refractivity contribution in [2.24, 2.45) is 5.92 Å². The lowest BCUT2D eigenvalue weighted by atomic mass is 10.1. The number of likely N-dealkylation sites (tertiary alicyclic amines) is 1. The Bertz CT molecular complexity index is 817. The van der Waals surface area contributed by atoms with Crippen molar-refractivity contribution in [3.63, 3.8) is 0 Å². The van der Waals surface area contributed by atoms with E-state index in [0.29, 0.717) is 23.2 Å². The Balaban J connectivity index is 1.32. The first-order valence-corrected chi connectivity index (χ1v) is 9.11. The van der Waals surface area contributed by atoms with Crippen LogP contribution in [0.15, 0.2) is 28.8 Å². The Kier molecular flexibility index (Phi) is 3.40. The fourth-order valence-corrected chi connectivity index (χ4v) is 3.98. The van der Waals surface area contributed by atoms with Gasteiger partial charge in [-0.3, -0.25) is 4.79 Å². The second kappa shape index (κ2) is 5.64. The highest BCUT2D eigenvalue weighted by Gasteiger charge is 2.49. The van der Waals surface area contributed by atoms with Crippen LogP contribution >= 0.6 is 0 Å². The molecule has 2 heterocycles. The lowest BCUT2D eigenvalue weighted by Crippen LogP contribution is -2.32. The Morgan fingerprint density at radius 3 is 2.88 bits per heavy atom. The molecule has 6 heteroatoms. The molecular weight excluding hydrogens is 321 g/mol. The van der Waals surface area contributed by atoms with E-state index in [1.54, 1.807) is 12.1 Å². The minimum absolute atomic E-state index is 0.00208. The van der Waals surface area contributed by atoms with E-state index in [1.807, 2.05) is 11.0 Å². The van der Waals surface area contributed by atoms with Crippen LogP contribution in [0.4, 0.5) is 4.39 Å². The topological polar surface area (TPSA) is 59.2 Å². The van der Waals surface area contributed by atoms with Gasteiger partial charge < -0.3 is 9.42 Å². The first-order valence-electron chi connectivity index (χ1n) is 9.11. The smallest absolute Gasteiger partial charge is 0.229 e. The lowest BCUT2D eigenvalue weighted by molar-refractivity contribution is -0.133. The Hall–Kier alpha value is -2.24. The van der Waals surface area contributed by atoms with E-state index < -0.39 is 0 Å². The normalized spacial score (nSPS) is 28.4. The average molecular weight is 341 g/mol. The molecule has 2 saturated carbocycles. The largest absolute Gasteiger partial charge is 0.339 e. The molecule has 0 spiro atoms. The van der Waals surface area contributed by atoms with Gasteiger partial charge in [0.15, 0.2) is 5.82 Å². The quantitative estimate of drug-likeness (QED) is 0.853. The summed E-state index contributed by atoms with van der Waals surface area (Å²) in [7, 11) is 0. The number of carbonyl (C=O) groups excluding carboxylic acids is 1. The summed E-state index contributed by atoms with van der Waals surface area (Å²) in [6, 6.07) is 6.67. The van der Waals surface area contributed by atoms with Gasteiger partial charge in [0.1, 0.15) is 5.82 Å².